The molecule has 1 saturated heterocycles. The van der Waals surface area contributed by atoms with E-state index in [-0.39, 0.29) is 0 Å². The lowest BCUT2D eigenvalue weighted by molar-refractivity contribution is 0.372. The minimum Gasteiger partial charge on any atom is -0.317 e. The Morgan fingerprint density at radius 1 is 1.22 bits per heavy atom. The molecular weight excluding hydrogens is 220 g/mol. The minimum atomic E-state index is 0.830. The molecule has 0 atom stereocenters. The molecule has 94 valence electrons. The normalized spacial score (nSPS) is 17.2. The zero-order valence-electron chi connectivity index (χ0n) is 10.9. The highest BCUT2D eigenvalue weighted by atomic mass is 14.9. The summed E-state index contributed by atoms with van der Waals surface area (Å²) in [4.78, 5) is 4.59. The van der Waals surface area contributed by atoms with Gasteiger partial charge in [0.2, 0.25) is 0 Å². The number of benzene rings is 1. The van der Waals surface area contributed by atoms with E-state index < -0.39 is 0 Å². The molecule has 0 amide bonds. The second-order valence-electron chi connectivity index (χ2n) is 5.44. The van der Waals surface area contributed by atoms with Gasteiger partial charge in [0.1, 0.15) is 0 Å². The summed E-state index contributed by atoms with van der Waals surface area (Å²) in [5.41, 5.74) is 3.78. The second-order valence-corrected chi connectivity index (χ2v) is 5.44. The smallest absolute Gasteiger partial charge is 0.0704 e. The number of nitrogens with one attached hydrogen (secondary N) is 1. The zero-order chi connectivity index (χ0) is 12.4. The van der Waals surface area contributed by atoms with Crippen LogP contribution in [-0.2, 0) is 6.42 Å². The lowest BCUT2D eigenvalue weighted by Gasteiger charge is -2.22. The van der Waals surface area contributed by atoms with Gasteiger partial charge < -0.3 is 5.32 Å². The first kappa shape index (κ1) is 11.7. The van der Waals surface area contributed by atoms with E-state index in [1.165, 1.54) is 48.9 Å². The first-order valence-electron chi connectivity index (χ1n) is 6.87. The standard InChI is InChI=1S/C16H20N2/c1-12-2-3-15-10-14(11-18-16(15)8-12)9-13-4-6-17-7-5-13/h2-3,8,10-11,13,17H,4-7,9H2,1H3. The van der Waals surface area contributed by atoms with Gasteiger partial charge in [0, 0.05) is 11.6 Å². The van der Waals surface area contributed by atoms with Gasteiger partial charge in [0.15, 0.2) is 0 Å². The van der Waals surface area contributed by atoms with Crippen LogP contribution in [0.4, 0.5) is 0 Å². The minimum absolute atomic E-state index is 0.830. The van der Waals surface area contributed by atoms with Gasteiger partial charge in [0.25, 0.3) is 0 Å². The highest BCUT2D eigenvalue weighted by Gasteiger charge is 2.13. The third kappa shape index (κ3) is 2.54. The Morgan fingerprint density at radius 2 is 2.06 bits per heavy atom. The summed E-state index contributed by atoms with van der Waals surface area (Å²) in [7, 11) is 0. The first-order valence-corrected chi connectivity index (χ1v) is 6.87. The number of aromatic nitrogens is 1. The third-order valence-electron chi connectivity index (χ3n) is 3.88. The molecule has 2 heteroatoms. The van der Waals surface area contributed by atoms with Crippen LogP contribution in [-0.4, -0.2) is 18.1 Å². The van der Waals surface area contributed by atoms with Crippen LogP contribution in [0.3, 0.4) is 0 Å². The summed E-state index contributed by atoms with van der Waals surface area (Å²) in [6.07, 6.45) is 5.83. The Labute approximate surface area is 108 Å². The highest BCUT2D eigenvalue weighted by Crippen LogP contribution is 2.21. The van der Waals surface area contributed by atoms with E-state index in [4.69, 9.17) is 0 Å². The van der Waals surface area contributed by atoms with Crippen LogP contribution in [0.2, 0.25) is 0 Å². The Balaban J connectivity index is 1.82. The fourth-order valence-corrected chi connectivity index (χ4v) is 2.81. The molecule has 18 heavy (non-hydrogen) atoms. The summed E-state index contributed by atoms with van der Waals surface area (Å²) < 4.78 is 0. The Kier molecular flexibility index (Phi) is 3.28. The number of hydrogen-bond donors (Lipinski definition) is 1. The second kappa shape index (κ2) is 5.07. The topological polar surface area (TPSA) is 24.9 Å². The molecule has 0 spiro atoms. The van der Waals surface area contributed by atoms with Gasteiger partial charge in [-0.1, -0.05) is 12.1 Å². The van der Waals surface area contributed by atoms with Crippen LogP contribution in [0, 0.1) is 12.8 Å². The molecule has 3 rings (SSSR count). The molecule has 2 heterocycles. The number of piperidine rings is 1. The van der Waals surface area contributed by atoms with E-state index in [9.17, 15) is 0 Å². The van der Waals surface area contributed by atoms with Gasteiger partial charge in [-0.25, -0.2) is 0 Å². The van der Waals surface area contributed by atoms with Crippen molar-refractivity contribution in [2.45, 2.75) is 26.2 Å². The van der Waals surface area contributed by atoms with Crippen LogP contribution < -0.4 is 5.32 Å². The van der Waals surface area contributed by atoms with Crippen LogP contribution in [0.15, 0.2) is 30.5 Å². The van der Waals surface area contributed by atoms with E-state index in [0.29, 0.717) is 0 Å². The van der Waals surface area contributed by atoms with Gasteiger partial charge >= 0.3 is 0 Å². The maximum Gasteiger partial charge on any atom is 0.0704 e. The summed E-state index contributed by atoms with van der Waals surface area (Å²) in [5.74, 6) is 0.830. The van der Waals surface area contributed by atoms with Crippen LogP contribution >= 0.6 is 0 Å². The van der Waals surface area contributed by atoms with E-state index in [0.717, 1.165) is 11.4 Å². The number of hydrogen-bond acceptors (Lipinski definition) is 2. The monoisotopic (exact) mass is 240 g/mol. The Morgan fingerprint density at radius 3 is 2.89 bits per heavy atom. The summed E-state index contributed by atoms with van der Waals surface area (Å²) in [6, 6.07) is 8.81. The Hall–Kier alpha value is -1.41. The predicted molar refractivity (Wildman–Crippen MR) is 75.8 cm³/mol. The maximum absolute atomic E-state index is 4.59. The molecule has 0 aliphatic carbocycles. The number of fused-ring (bicyclic) bond motifs is 1. The van der Waals surface area contributed by atoms with Crippen LogP contribution in [0.5, 0.6) is 0 Å². The molecule has 2 nitrogen and oxygen atoms in total. The van der Waals surface area contributed by atoms with Crippen molar-refractivity contribution in [2.24, 2.45) is 5.92 Å². The van der Waals surface area contributed by atoms with Crippen LogP contribution in [0.25, 0.3) is 10.9 Å². The molecule has 2 aromatic rings. The SMILES string of the molecule is Cc1ccc2cc(CC3CCNCC3)cnc2c1. The molecule has 1 aliphatic rings. The molecule has 1 N–H and O–H groups in total. The van der Waals surface area contributed by atoms with Crippen LogP contribution in [0.1, 0.15) is 24.0 Å². The predicted octanol–water partition coefficient (Wildman–Crippen LogP) is 3.09. The average molecular weight is 240 g/mol. The molecule has 1 aliphatic heterocycles. The van der Waals surface area contributed by atoms with Gasteiger partial charge in [0.05, 0.1) is 5.52 Å². The lowest BCUT2D eigenvalue weighted by Crippen LogP contribution is -2.28. The van der Waals surface area contributed by atoms with Crippen molar-refractivity contribution < 1.29 is 0 Å². The summed E-state index contributed by atoms with van der Waals surface area (Å²) >= 11 is 0. The molecule has 0 radical (unpaired) electrons. The number of aryl methyl sites for hydroxylation is 1. The fourth-order valence-electron chi connectivity index (χ4n) is 2.81. The largest absolute Gasteiger partial charge is 0.317 e. The van der Waals surface area contributed by atoms with Crippen molar-refractivity contribution in [3.8, 4) is 0 Å². The number of rotatable bonds is 2. The molecule has 0 bridgehead atoms. The molecule has 1 aromatic heterocycles. The number of pyridine rings is 1. The lowest BCUT2D eigenvalue weighted by atomic mass is 9.91. The van der Waals surface area contributed by atoms with Gasteiger partial charge in [-0.3, -0.25) is 4.98 Å². The quantitative estimate of drug-likeness (QED) is 0.872. The maximum atomic E-state index is 4.59. The molecule has 1 fully saturated rings. The van der Waals surface area contributed by atoms with Gasteiger partial charge in [-0.05, 0) is 68.5 Å². The van der Waals surface area contributed by atoms with E-state index in [1.54, 1.807) is 0 Å². The molecule has 0 saturated carbocycles. The van der Waals surface area contributed by atoms with E-state index >= 15 is 0 Å². The fraction of sp³-hybridized carbons (Fsp3) is 0.438. The molecule has 0 unspecified atom stereocenters. The third-order valence-corrected chi connectivity index (χ3v) is 3.88. The van der Waals surface area contributed by atoms with Crippen molar-refractivity contribution in [3.05, 3.63) is 41.6 Å². The van der Waals surface area contributed by atoms with Crippen molar-refractivity contribution in [3.63, 3.8) is 0 Å². The average Bonchev–Trinajstić information content (AvgIpc) is 2.40. The number of nitrogens with zero attached hydrogens (tertiary/aromatic N) is 1. The van der Waals surface area contributed by atoms with E-state index in [2.05, 4.69) is 47.7 Å². The van der Waals surface area contributed by atoms with E-state index in [1.807, 2.05) is 0 Å². The molecular formula is C16H20N2. The molecule has 1 aromatic carbocycles. The van der Waals surface area contributed by atoms with Crippen molar-refractivity contribution >= 4 is 10.9 Å². The van der Waals surface area contributed by atoms with Crippen molar-refractivity contribution in [2.75, 3.05) is 13.1 Å². The Bertz CT molecular complexity index is 542. The zero-order valence-corrected chi connectivity index (χ0v) is 10.9. The van der Waals surface area contributed by atoms with Crippen molar-refractivity contribution in [1.29, 1.82) is 0 Å². The first-order chi connectivity index (χ1) is 8.81. The highest BCUT2D eigenvalue weighted by molar-refractivity contribution is 5.79. The summed E-state index contributed by atoms with van der Waals surface area (Å²) in [6.45, 7) is 4.46. The van der Waals surface area contributed by atoms with Gasteiger partial charge in [-0.15, -0.1) is 0 Å². The van der Waals surface area contributed by atoms with Gasteiger partial charge in [-0.2, -0.15) is 0 Å². The summed E-state index contributed by atoms with van der Waals surface area (Å²) in [5, 5.41) is 4.69. The van der Waals surface area contributed by atoms with Crippen molar-refractivity contribution in [1.82, 2.24) is 10.3 Å².